The molecule has 0 aliphatic carbocycles. The Morgan fingerprint density at radius 1 is 0.879 bits per heavy atom. The molecule has 9 nitrogen and oxygen atoms in total. The Morgan fingerprint density at radius 3 is 1.94 bits per heavy atom. The van der Waals surface area contributed by atoms with Gasteiger partial charge in [0, 0.05) is 5.39 Å². The zero-order valence-electron chi connectivity index (χ0n) is 18.7. The Kier molecular flexibility index (Phi) is 9.89. The molecule has 3 aromatic rings. The maximum atomic E-state index is 12.6. The molecule has 0 fully saturated rings. The molecule has 3 rings (SSSR count). The largest absolute Gasteiger partial charge is 1.00 e. The van der Waals surface area contributed by atoms with Crippen LogP contribution in [0.1, 0.15) is 26.3 Å². The molecule has 0 aliphatic rings. The molecule has 0 radical (unpaired) electrons. The second-order valence-corrected chi connectivity index (χ2v) is 10.6. The molecule has 0 spiro atoms. The smallest absolute Gasteiger partial charge is 0.870 e. The van der Waals surface area contributed by atoms with Crippen LogP contribution in [0.2, 0.25) is 0 Å². The molecular formula is C20H18N2Na2O7S2. The van der Waals surface area contributed by atoms with E-state index < -0.39 is 41.5 Å². The van der Waals surface area contributed by atoms with E-state index in [1.165, 1.54) is 0 Å². The number of hydrogen-bond donors (Lipinski definition) is 1. The van der Waals surface area contributed by atoms with E-state index in [0.717, 1.165) is 29.8 Å². The van der Waals surface area contributed by atoms with Gasteiger partial charge in [0.25, 0.3) is 10.1 Å². The van der Waals surface area contributed by atoms with Crippen LogP contribution in [0.5, 0.6) is 5.75 Å². The number of nitrogens with zero attached hydrogens (tertiary/aromatic N) is 2. The molecule has 0 amide bonds. The van der Waals surface area contributed by atoms with E-state index in [1.807, 2.05) is 32.9 Å². The van der Waals surface area contributed by atoms with E-state index in [2.05, 4.69) is 10.2 Å². The maximum absolute atomic E-state index is 12.6. The molecule has 0 saturated carbocycles. The summed E-state index contributed by atoms with van der Waals surface area (Å²) in [6.07, 6.45) is 0. The van der Waals surface area contributed by atoms with Crippen LogP contribution in [0.4, 0.5) is 11.4 Å². The van der Waals surface area contributed by atoms with Gasteiger partial charge in [0.05, 0.1) is 21.2 Å². The van der Waals surface area contributed by atoms with Gasteiger partial charge in [0.15, 0.2) is 0 Å². The van der Waals surface area contributed by atoms with Crippen molar-refractivity contribution in [3.8, 4) is 5.75 Å². The fourth-order valence-electron chi connectivity index (χ4n) is 2.90. The SMILES string of the molecule is CC(C)(C)c1ccc(N=Nc2c([O-])c(S(=O)(=O)O)cc3cc(S(=O)(=O)[O-])ccc23)cc1.[Na+].[Na+]. The van der Waals surface area contributed by atoms with E-state index in [-0.39, 0.29) is 75.3 Å². The van der Waals surface area contributed by atoms with Crippen LogP contribution >= 0.6 is 0 Å². The van der Waals surface area contributed by atoms with E-state index in [0.29, 0.717) is 5.69 Å². The number of benzene rings is 3. The molecular weight excluding hydrogens is 490 g/mol. The molecule has 0 bridgehead atoms. The second-order valence-electron chi connectivity index (χ2n) is 7.86. The van der Waals surface area contributed by atoms with Crippen molar-refractivity contribution in [1.82, 2.24) is 0 Å². The van der Waals surface area contributed by atoms with Crippen molar-refractivity contribution in [1.29, 1.82) is 0 Å². The van der Waals surface area contributed by atoms with Crippen LogP contribution in [-0.4, -0.2) is 25.9 Å². The first-order valence-corrected chi connectivity index (χ1v) is 11.8. The Morgan fingerprint density at radius 2 is 1.45 bits per heavy atom. The minimum absolute atomic E-state index is 0. The summed E-state index contributed by atoms with van der Waals surface area (Å²) < 4.78 is 66.6. The monoisotopic (exact) mass is 508 g/mol. The first-order chi connectivity index (χ1) is 14.2. The quantitative estimate of drug-likeness (QED) is 0.237. The van der Waals surface area contributed by atoms with E-state index in [1.54, 1.807) is 12.1 Å². The van der Waals surface area contributed by atoms with Gasteiger partial charge >= 0.3 is 59.1 Å². The van der Waals surface area contributed by atoms with Gasteiger partial charge in [0.2, 0.25) is 0 Å². The fraction of sp³-hybridized carbons (Fsp3) is 0.200. The van der Waals surface area contributed by atoms with Crippen LogP contribution < -0.4 is 64.2 Å². The molecule has 0 unspecified atom stereocenters. The fourth-order valence-corrected chi connectivity index (χ4v) is 4.02. The van der Waals surface area contributed by atoms with Crippen molar-refractivity contribution in [2.24, 2.45) is 10.2 Å². The first kappa shape index (κ1) is 30.2. The standard InChI is InChI=1S/C20H20N2O7S2.2Na/c1-20(2,3)13-4-6-14(7-5-13)21-22-18-16-9-8-15(30(24,25)26)10-12(16)11-17(19(18)23)31(27,28)29;;/h4-11,23H,1-3H3,(H,24,25,26)(H,27,28,29);;/q;2*+1/p-2. The summed E-state index contributed by atoms with van der Waals surface area (Å²) in [5.74, 6) is -1.11. The average Bonchev–Trinajstić information content (AvgIpc) is 2.64. The topological polar surface area (TPSA) is 159 Å². The molecule has 0 saturated heterocycles. The van der Waals surface area contributed by atoms with Gasteiger partial charge in [0.1, 0.15) is 10.1 Å². The van der Waals surface area contributed by atoms with Crippen LogP contribution in [0.15, 0.2) is 68.6 Å². The molecule has 33 heavy (non-hydrogen) atoms. The number of fused-ring (bicyclic) bond motifs is 1. The molecule has 0 aromatic heterocycles. The average molecular weight is 508 g/mol. The Bertz CT molecular complexity index is 1420. The summed E-state index contributed by atoms with van der Waals surface area (Å²) in [6, 6.07) is 10.9. The van der Waals surface area contributed by atoms with E-state index in [9.17, 15) is 31.0 Å². The Balaban J connectivity index is 0.00000272. The van der Waals surface area contributed by atoms with Crippen LogP contribution in [-0.2, 0) is 25.7 Å². The first-order valence-electron chi connectivity index (χ1n) is 8.91. The molecule has 3 aromatic carbocycles. The Labute approximate surface area is 236 Å². The van der Waals surface area contributed by atoms with Crippen molar-refractivity contribution in [3.63, 3.8) is 0 Å². The summed E-state index contributed by atoms with van der Waals surface area (Å²) in [4.78, 5) is -1.63. The third-order valence-corrected chi connectivity index (χ3v) is 6.26. The molecule has 1 N–H and O–H groups in total. The third-order valence-electron chi connectivity index (χ3n) is 4.57. The summed E-state index contributed by atoms with van der Waals surface area (Å²) in [5, 5.41) is 20.5. The van der Waals surface area contributed by atoms with E-state index >= 15 is 0 Å². The summed E-state index contributed by atoms with van der Waals surface area (Å²) in [5.41, 5.74) is 0.926. The molecule has 0 heterocycles. The normalized spacial score (nSPS) is 12.4. The zero-order valence-corrected chi connectivity index (χ0v) is 24.4. The van der Waals surface area contributed by atoms with Crippen LogP contribution in [0.25, 0.3) is 10.8 Å². The number of rotatable bonds is 4. The van der Waals surface area contributed by atoms with Crippen molar-refractivity contribution in [2.45, 2.75) is 36.0 Å². The molecule has 164 valence electrons. The van der Waals surface area contributed by atoms with Gasteiger partial charge in [-0.3, -0.25) is 4.55 Å². The summed E-state index contributed by atoms with van der Waals surface area (Å²) in [7, 11) is -9.77. The third kappa shape index (κ3) is 7.07. The van der Waals surface area contributed by atoms with Crippen molar-refractivity contribution in [2.75, 3.05) is 0 Å². The second kappa shape index (κ2) is 10.8. The van der Waals surface area contributed by atoms with Gasteiger partial charge in [-0.2, -0.15) is 18.6 Å². The molecule has 13 heteroatoms. The predicted octanol–water partition coefficient (Wildman–Crippen LogP) is -2.21. The predicted molar refractivity (Wildman–Crippen MR) is 110 cm³/mol. The minimum Gasteiger partial charge on any atom is -0.870 e. The van der Waals surface area contributed by atoms with Gasteiger partial charge in [-0.05, 0) is 46.7 Å². The Hall–Kier alpha value is -0.860. The van der Waals surface area contributed by atoms with Crippen molar-refractivity contribution in [3.05, 3.63) is 54.1 Å². The molecule has 0 atom stereocenters. The zero-order chi connectivity index (χ0) is 23.2. The maximum Gasteiger partial charge on any atom is 1.00 e. The van der Waals surface area contributed by atoms with E-state index in [4.69, 9.17) is 0 Å². The van der Waals surface area contributed by atoms with Crippen LogP contribution in [0.3, 0.4) is 0 Å². The van der Waals surface area contributed by atoms with Gasteiger partial charge in [-0.15, -0.1) is 0 Å². The van der Waals surface area contributed by atoms with Gasteiger partial charge < -0.3 is 9.66 Å². The van der Waals surface area contributed by atoms with Crippen LogP contribution in [0, 0.1) is 0 Å². The summed E-state index contributed by atoms with van der Waals surface area (Å²) >= 11 is 0. The van der Waals surface area contributed by atoms with Crippen molar-refractivity contribution >= 4 is 42.4 Å². The molecule has 0 aliphatic heterocycles. The van der Waals surface area contributed by atoms with Gasteiger partial charge in [-0.25, -0.2) is 8.42 Å². The number of hydrogen-bond acceptors (Lipinski definition) is 8. The van der Waals surface area contributed by atoms with Crippen molar-refractivity contribution < 1.29 is 90.2 Å². The van der Waals surface area contributed by atoms with Gasteiger partial charge in [-0.1, -0.05) is 44.7 Å². The summed E-state index contributed by atoms with van der Waals surface area (Å²) in [6.45, 7) is 6.11. The minimum atomic E-state index is -4.94. The number of azo groups is 1.